The van der Waals surface area contributed by atoms with Gasteiger partial charge in [-0.1, -0.05) is 0 Å². The van der Waals surface area contributed by atoms with Crippen LogP contribution in [0.3, 0.4) is 0 Å². The minimum atomic E-state index is -0.414. The van der Waals surface area contributed by atoms with Crippen LogP contribution in [0.5, 0.6) is 5.88 Å². The Morgan fingerprint density at radius 1 is 1.52 bits per heavy atom. The molecular formula is C18H27N3O4. The highest BCUT2D eigenvalue weighted by molar-refractivity contribution is 5.96. The summed E-state index contributed by atoms with van der Waals surface area (Å²) in [5, 5.41) is 0. The molecule has 0 aliphatic carbocycles. The number of hydrogen-bond acceptors (Lipinski definition) is 6. The van der Waals surface area contributed by atoms with Crippen LogP contribution in [0.25, 0.3) is 0 Å². The molecule has 0 saturated carbocycles. The lowest BCUT2D eigenvalue weighted by atomic mass is 9.99. The monoisotopic (exact) mass is 349 g/mol. The Labute approximate surface area is 148 Å². The Morgan fingerprint density at radius 2 is 2.36 bits per heavy atom. The molecule has 7 heteroatoms. The van der Waals surface area contributed by atoms with Crippen molar-refractivity contribution in [1.82, 2.24) is 14.8 Å². The minimum Gasteiger partial charge on any atom is -0.480 e. The predicted octanol–water partition coefficient (Wildman–Crippen LogP) is 1.04. The number of aromatic nitrogens is 1. The summed E-state index contributed by atoms with van der Waals surface area (Å²) < 4.78 is 17.4. The van der Waals surface area contributed by atoms with Crippen molar-refractivity contribution in [2.45, 2.75) is 24.5 Å². The van der Waals surface area contributed by atoms with Crippen LogP contribution >= 0.6 is 0 Å². The lowest BCUT2D eigenvalue weighted by Crippen LogP contribution is -2.47. The van der Waals surface area contributed by atoms with Crippen LogP contribution in [0.1, 0.15) is 23.2 Å². The normalized spacial score (nSPS) is 26.9. The average molecular weight is 349 g/mol. The molecule has 1 amide bonds. The summed E-state index contributed by atoms with van der Waals surface area (Å²) >= 11 is 0. The van der Waals surface area contributed by atoms with Crippen molar-refractivity contribution >= 4 is 5.91 Å². The van der Waals surface area contributed by atoms with Gasteiger partial charge in [0, 0.05) is 19.3 Å². The number of amides is 1. The number of methoxy groups -OCH3 is 1. The van der Waals surface area contributed by atoms with Gasteiger partial charge in [-0.05, 0) is 39.1 Å². The number of pyridine rings is 1. The van der Waals surface area contributed by atoms with Gasteiger partial charge >= 0.3 is 0 Å². The first-order chi connectivity index (χ1) is 12.0. The van der Waals surface area contributed by atoms with E-state index in [-0.39, 0.29) is 12.0 Å². The molecule has 2 fully saturated rings. The molecule has 2 atom stereocenters. The first kappa shape index (κ1) is 18.1. The van der Waals surface area contributed by atoms with Crippen LogP contribution in [0.4, 0.5) is 0 Å². The van der Waals surface area contributed by atoms with Gasteiger partial charge in [-0.25, -0.2) is 4.98 Å². The molecule has 0 bridgehead atoms. The van der Waals surface area contributed by atoms with Gasteiger partial charge in [0.05, 0.1) is 33.0 Å². The summed E-state index contributed by atoms with van der Waals surface area (Å²) in [5.74, 6) is 0.263. The quantitative estimate of drug-likeness (QED) is 0.809. The molecule has 1 spiro atoms. The second-order valence-corrected chi connectivity index (χ2v) is 7.06. The van der Waals surface area contributed by atoms with Crippen molar-refractivity contribution in [2.75, 3.05) is 54.1 Å². The zero-order chi connectivity index (χ0) is 17.9. The number of hydrogen-bond donors (Lipinski definition) is 0. The molecule has 138 valence electrons. The Balaban J connectivity index is 1.75. The molecule has 7 nitrogen and oxygen atoms in total. The largest absolute Gasteiger partial charge is 0.480 e. The van der Waals surface area contributed by atoms with Crippen LogP contribution in [0.2, 0.25) is 0 Å². The van der Waals surface area contributed by atoms with Crippen molar-refractivity contribution in [3.05, 3.63) is 23.9 Å². The van der Waals surface area contributed by atoms with Gasteiger partial charge in [0.15, 0.2) is 0 Å². The molecular weight excluding hydrogens is 322 g/mol. The highest BCUT2D eigenvalue weighted by atomic mass is 16.6. The van der Waals surface area contributed by atoms with Crippen LogP contribution in [0.15, 0.2) is 18.3 Å². The highest BCUT2D eigenvalue weighted by Crippen LogP contribution is 2.34. The predicted molar refractivity (Wildman–Crippen MR) is 92.9 cm³/mol. The van der Waals surface area contributed by atoms with Crippen LogP contribution in [-0.2, 0) is 9.47 Å². The Morgan fingerprint density at radius 3 is 3.12 bits per heavy atom. The van der Waals surface area contributed by atoms with E-state index in [1.807, 2.05) is 19.0 Å². The SMILES string of the molecule is COc1ncccc1C(=O)N1CCOCC2(CCC(CN(C)C)O2)C1. The smallest absolute Gasteiger partial charge is 0.259 e. The summed E-state index contributed by atoms with van der Waals surface area (Å²) in [5.41, 5.74) is 0.0623. The molecule has 2 saturated heterocycles. The molecule has 0 radical (unpaired) electrons. The molecule has 2 aliphatic heterocycles. The molecule has 2 aliphatic rings. The van der Waals surface area contributed by atoms with Crippen LogP contribution < -0.4 is 4.74 Å². The van der Waals surface area contributed by atoms with Crippen molar-refractivity contribution in [3.63, 3.8) is 0 Å². The van der Waals surface area contributed by atoms with E-state index in [2.05, 4.69) is 9.88 Å². The molecule has 3 heterocycles. The zero-order valence-corrected chi connectivity index (χ0v) is 15.2. The number of carbonyl (C=O) groups is 1. The Hall–Kier alpha value is -1.70. The number of ether oxygens (including phenoxy) is 3. The van der Waals surface area contributed by atoms with E-state index < -0.39 is 5.60 Å². The van der Waals surface area contributed by atoms with E-state index >= 15 is 0 Å². The van der Waals surface area contributed by atoms with E-state index in [1.54, 1.807) is 18.3 Å². The topological polar surface area (TPSA) is 64.1 Å². The maximum Gasteiger partial charge on any atom is 0.259 e. The van der Waals surface area contributed by atoms with Gasteiger partial charge in [-0.3, -0.25) is 4.79 Å². The maximum atomic E-state index is 13.0. The van der Waals surface area contributed by atoms with E-state index in [4.69, 9.17) is 14.2 Å². The number of rotatable bonds is 4. The van der Waals surface area contributed by atoms with Gasteiger partial charge in [0.25, 0.3) is 5.91 Å². The van der Waals surface area contributed by atoms with E-state index in [1.165, 1.54) is 7.11 Å². The summed E-state index contributed by atoms with van der Waals surface area (Å²) in [7, 11) is 5.61. The van der Waals surface area contributed by atoms with Crippen molar-refractivity contribution in [2.24, 2.45) is 0 Å². The molecule has 3 rings (SSSR count). The molecule has 0 aromatic carbocycles. The van der Waals surface area contributed by atoms with Crippen LogP contribution in [-0.4, -0.2) is 86.4 Å². The van der Waals surface area contributed by atoms with Gasteiger partial charge < -0.3 is 24.0 Å². The lowest BCUT2D eigenvalue weighted by molar-refractivity contribution is -0.0878. The summed E-state index contributed by atoms with van der Waals surface area (Å²) in [6.07, 6.45) is 3.69. The van der Waals surface area contributed by atoms with Crippen molar-refractivity contribution in [3.8, 4) is 5.88 Å². The molecule has 25 heavy (non-hydrogen) atoms. The number of likely N-dealkylation sites (N-methyl/N-ethyl adjacent to an activating group) is 1. The molecule has 2 unspecified atom stereocenters. The van der Waals surface area contributed by atoms with Gasteiger partial charge in [0.1, 0.15) is 11.2 Å². The first-order valence-electron chi connectivity index (χ1n) is 8.71. The summed E-state index contributed by atoms with van der Waals surface area (Å²) in [6.45, 7) is 3.00. The fourth-order valence-electron chi connectivity index (χ4n) is 3.62. The lowest BCUT2D eigenvalue weighted by Gasteiger charge is -2.32. The van der Waals surface area contributed by atoms with E-state index in [9.17, 15) is 4.79 Å². The third-order valence-corrected chi connectivity index (χ3v) is 4.74. The first-order valence-corrected chi connectivity index (χ1v) is 8.71. The number of nitrogens with zero attached hydrogens (tertiary/aromatic N) is 3. The average Bonchev–Trinajstić information content (AvgIpc) is 2.85. The number of carbonyl (C=O) groups excluding carboxylic acids is 1. The Kier molecular flexibility index (Phi) is 5.56. The zero-order valence-electron chi connectivity index (χ0n) is 15.2. The van der Waals surface area contributed by atoms with Crippen LogP contribution in [0, 0.1) is 0 Å². The van der Waals surface area contributed by atoms with E-state index in [0.29, 0.717) is 37.7 Å². The molecule has 0 N–H and O–H groups in total. The second kappa shape index (κ2) is 7.68. The Bertz CT molecular complexity index is 610. The minimum absolute atomic E-state index is 0.0884. The molecule has 1 aromatic heterocycles. The third kappa shape index (κ3) is 4.11. The van der Waals surface area contributed by atoms with Gasteiger partial charge in [-0.15, -0.1) is 0 Å². The fourth-order valence-corrected chi connectivity index (χ4v) is 3.62. The van der Waals surface area contributed by atoms with Gasteiger partial charge in [-0.2, -0.15) is 0 Å². The second-order valence-electron chi connectivity index (χ2n) is 7.06. The third-order valence-electron chi connectivity index (χ3n) is 4.74. The molecule has 1 aromatic rings. The summed E-state index contributed by atoms with van der Waals surface area (Å²) in [4.78, 5) is 21.1. The van der Waals surface area contributed by atoms with Crippen molar-refractivity contribution < 1.29 is 19.0 Å². The highest BCUT2D eigenvalue weighted by Gasteiger charge is 2.44. The van der Waals surface area contributed by atoms with Gasteiger partial charge in [0.2, 0.25) is 5.88 Å². The fraction of sp³-hybridized carbons (Fsp3) is 0.667. The van der Waals surface area contributed by atoms with Crippen molar-refractivity contribution in [1.29, 1.82) is 0 Å². The van der Waals surface area contributed by atoms with E-state index in [0.717, 1.165) is 19.4 Å². The summed E-state index contributed by atoms with van der Waals surface area (Å²) in [6, 6.07) is 3.50. The maximum absolute atomic E-state index is 13.0. The standard InChI is InChI=1S/C18H27N3O4/c1-20(2)11-14-6-7-18(25-14)12-21(9-10-24-13-18)17(22)15-5-4-8-19-16(15)23-3/h4-5,8,14H,6-7,9-13H2,1-3H3.